The van der Waals surface area contributed by atoms with Crippen molar-refractivity contribution >= 4 is 29.0 Å². The van der Waals surface area contributed by atoms with Crippen molar-refractivity contribution in [3.05, 3.63) is 51.1 Å². The minimum atomic E-state index is -0.0925. The molecular weight excluding hydrogens is 297 g/mol. The van der Waals surface area contributed by atoms with Crippen LogP contribution in [-0.4, -0.2) is 10.8 Å². The minimum Gasteiger partial charge on any atom is -0.438 e. The number of halogens is 2. The van der Waals surface area contributed by atoms with Gasteiger partial charge in [0.25, 0.3) is 0 Å². The van der Waals surface area contributed by atoms with Crippen LogP contribution in [0, 0.1) is 19.3 Å². The maximum Gasteiger partial charge on any atom is 0.230 e. The normalized spacial score (nSPS) is 10.4. The molecule has 1 aromatic carbocycles. The monoisotopic (exact) mass is 309 g/mol. The number of hydrogen-bond acceptors (Lipinski definition) is 3. The number of aryl methyl sites for hydroxylation is 2. The third-order valence-corrected chi connectivity index (χ3v) is 3.43. The molecule has 0 radical (unpaired) electrons. The lowest BCUT2D eigenvalue weighted by molar-refractivity contribution is 0.460. The Morgan fingerprint density at radius 2 is 1.90 bits per heavy atom. The molecule has 0 aliphatic heterocycles. The van der Waals surface area contributed by atoms with Gasteiger partial charge in [-0.05, 0) is 37.6 Å². The lowest BCUT2D eigenvalue weighted by atomic mass is 10.1. The minimum absolute atomic E-state index is 0.0925. The number of ether oxygens (including phenoxy) is 1. The Bertz CT molecular complexity index is 686. The van der Waals surface area contributed by atoms with E-state index in [1.165, 1.54) is 0 Å². The first-order chi connectivity index (χ1) is 9.38. The highest BCUT2D eigenvalue weighted by atomic mass is 35.5. The van der Waals surface area contributed by atoms with Crippen molar-refractivity contribution in [1.82, 2.24) is 4.98 Å². The molecule has 0 atom stereocenters. The molecule has 0 amide bonds. The number of amidine groups is 1. The molecule has 0 bridgehead atoms. The lowest BCUT2D eigenvalue weighted by Crippen LogP contribution is -2.15. The molecule has 2 aromatic rings. The molecule has 0 aliphatic carbocycles. The number of aromatic nitrogens is 1. The fraction of sp³-hybridized carbons (Fsp3) is 0.143. The molecule has 0 spiro atoms. The summed E-state index contributed by atoms with van der Waals surface area (Å²) in [5.74, 6) is 0.679. The Labute approximate surface area is 127 Å². The zero-order valence-electron chi connectivity index (χ0n) is 11.0. The van der Waals surface area contributed by atoms with Crippen LogP contribution in [0.15, 0.2) is 24.3 Å². The lowest BCUT2D eigenvalue weighted by Gasteiger charge is -2.13. The van der Waals surface area contributed by atoms with Crippen LogP contribution in [0.5, 0.6) is 11.6 Å². The number of nitrogens with two attached hydrogens (primary N) is 1. The van der Waals surface area contributed by atoms with Gasteiger partial charge < -0.3 is 10.5 Å². The predicted octanol–water partition coefficient (Wildman–Crippen LogP) is 4.08. The fourth-order valence-electron chi connectivity index (χ4n) is 1.86. The van der Waals surface area contributed by atoms with Gasteiger partial charge in [0.05, 0.1) is 15.6 Å². The first-order valence-corrected chi connectivity index (χ1v) is 6.59. The molecule has 4 nitrogen and oxygen atoms in total. The molecule has 1 heterocycles. The second kappa shape index (κ2) is 5.69. The third kappa shape index (κ3) is 3.03. The van der Waals surface area contributed by atoms with Crippen molar-refractivity contribution in [2.24, 2.45) is 5.73 Å². The zero-order chi connectivity index (χ0) is 14.9. The molecule has 0 aliphatic rings. The van der Waals surface area contributed by atoms with Crippen LogP contribution in [0.2, 0.25) is 10.0 Å². The molecule has 0 fully saturated rings. The first kappa shape index (κ1) is 14.6. The Morgan fingerprint density at radius 3 is 2.50 bits per heavy atom. The third-order valence-electron chi connectivity index (χ3n) is 2.69. The average Bonchev–Trinajstić information content (AvgIpc) is 2.32. The Balaban J connectivity index is 2.47. The summed E-state index contributed by atoms with van der Waals surface area (Å²) < 4.78 is 5.69. The summed E-state index contributed by atoms with van der Waals surface area (Å²) in [7, 11) is 0. The smallest absolute Gasteiger partial charge is 0.230 e. The quantitative estimate of drug-likeness (QED) is 0.662. The van der Waals surface area contributed by atoms with Crippen LogP contribution in [0.4, 0.5) is 0 Å². The van der Waals surface area contributed by atoms with Gasteiger partial charge in [0, 0.05) is 11.8 Å². The second-order valence-corrected chi connectivity index (χ2v) is 5.17. The summed E-state index contributed by atoms with van der Waals surface area (Å²) in [5, 5.41) is 8.47. The van der Waals surface area contributed by atoms with E-state index >= 15 is 0 Å². The van der Waals surface area contributed by atoms with Gasteiger partial charge in [0.2, 0.25) is 5.88 Å². The van der Waals surface area contributed by atoms with Crippen molar-refractivity contribution in [1.29, 1.82) is 5.41 Å². The fourth-order valence-corrected chi connectivity index (χ4v) is 2.14. The van der Waals surface area contributed by atoms with Crippen molar-refractivity contribution in [2.75, 3.05) is 0 Å². The highest BCUT2D eigenvalue weighted by molar-refractivity contribution is 6.42. The number of benzene rings is 1. The maximum atomic E-state index is 7.64. The van der Waals surface area contributed by atoms with Gasteiger partial charge >= 0.3 is 0 Å². The molecule has 3 N–H and O–H groups in total. The summed E-state index contributed by atoms with van der Waals surface area (Å²) in [6.45, 7) is 3.70. The van der Waals surface area contributed by atoms with Crippen LogP contribution in [0.3, 0.4) is 0 Å². The van der Waals surface area contributed by atoms with Crippen LogP contribution in [0.1, 0.15) is 16.8 Å². The molecular formula is C14H13Cl2N3O. The number of rotatable bonds is 3. The summed E-state index contributed by atoms with van der Waals surface area (Å²) in [5.41, 5.74) is 7.68. The van der Waals surface area contributed by atoms with E-state index in [2.05, 4.69) is 4.98 Å². The van der Waals surface area contributed by atoms with Gasteiger partial charge in [-0.1, -0.05) is 23.2 Å². The van der Waals surface area contributed by atoms with Gasteiger partial charge in [0.1, 0.15) is 11.6 Å². The van der Waals surface area contributed by atoms with Gasteiger partial charge in [0.15, 0.2) is 0 Å². The van der Waals surface area contributed by atoms with E-state index in [9.17, 15) is 0 Å². The highest BCUT2D eigenvalue weighted by Crippen LogP contribution is 2.31. The molecule has 0 saturated heterocycles. The number of nitrogen functional groups attached to an aromatic ring is 1. The Morgan fingerprint density at radius 1 is 1.20 bits per heavy atom. The van der Waals surface area contributed by atoms with Crippen molar-refractivity contribution in [3.8, 4) is 11.6 Å². The molecule has 104 valence electrons. The molecule has 0 unspecified atom stereocenters. The zero-order valence-corrected chi connectivity index (χ0v) is 12.5. The van der Waals surface area contributed by atoms with Crippen molar-refractivity contribution < 1.29 is 4.74 Å². The van der Waals surface area contributed by atoms with E-state index < -0.39 is 0 Å². The predicted molar refractivity (Wildman–Crippen MR) is 81.3 cm³/mol. The maximum absolute atomic E-state index is 7.64. The molecule has 6 heteroatoms. The second-order valence-electron chi connectivity index (χ2n) is 4.35. The van der Waals surface area contributed by atoms with Gasteiger partial charge in [-0.25, -0.2) is 4.98 Å². The largest absolute Gasteiger partial charge is 0.438 e. The van der Waals surface area contributed by atoms with Crippen LogP contribution >= 0.6 is 23.2 Å². The van der Waals surface area contributed by atoms with E-state index in [4.69, 9.17) is 39.1 Å². The number of pyridine rings is 1. The summed E-state index contributed by atoms with van der Waals surface area (Å²) in [6, 6.07) is 6.75. The molecule has 2 rings (SSSR count). The van der Waals surface area contributed by atoms with E-state index in [1.54, 1.807) is 18.2 Å². The van der Waals surface area contributed by atoms with Gasteiger partial charge in [-0.2, -0.15) is 0 Å². The van der Waals surface area contributed by atoms with Crippen molar-refractivity contribution in [2.45, 2.75) is 13.8 Å². The number of nitrogens with one attached hydrogen (secondary N) is 1. The van der Waals surface area contributed by atoms with Gasteiger partial charge in [-0.15, -0.1) is 0 Å². The molecule has 20 heavy (non-hydrogen) atoms. The van der Waals surface area contributed by atoms with Crippen LogP contribution in [-0.2, 0) is 0 Å². The summed E-state index contributed by atoms with van der Waals surface area (Å²) >= 11 is 11.8. The topological polar surface area (TPSA) is 72.0 Å². The summed E-state index contributed by atoms with van der Waals surface area (Å²) in [6.07, 6.45) is 0. The van der Waals surface area contributed by atoms with E-state index in [-0.39, 0.29) is 11.7 Å². The Kier molecular flexibility index (Phi) is 4.16. The van der Waals surface area contributed by atoms with E-state index in [1.807, 2.05) is 19.9 Å². The SMILES string of the molecule is Cc1cc(C)c(C(=N)N)c(Oc2ccc(Cl)c(Cl)c2)n1. The molecule has 0 saturated carbocycles. The van der Waals surface area contributed by atoms with Crippen LogP contribution in [0.25, 0.3) is 0 Å². The van der Waals surface area contributed by atoms with E-state index in [0.717, 1.165) is 11.3 Å². The van der Waals surface area contributed by atoms with Crippen molar-refractivity contribution in [3.63, 3.8) is 0 Å². The number of hydrogen-bond donors (Lipinski definition) is 2. The Hall–Kier alpha value is -1.78. The highest BCUT2D eigenvalue weighted by Gasteiger charge is 2.14. The number of nitrogens with zero attached hydrogens (tertiary/aromatic N) is 1. The average molecular weight is 310 g/mol. The first-order valence-electron chi connectivity index (χ1n) is 5.84. The standard InChI is InChI=1S/C14H13Cl2N3O/c1-7-5-8(2)19-14(12(7)13(17)18)20-9-3-4-10(15)11(16)6-9/h3-6H,1-2H3,(H3,17,18). The van der Waals surface area contributed by atoms with E-state index in [0.29, 0.717) is 21.4 Å². The van der Waals surface area contributed by atoms with Crippen LogP contribution < -0.4 is 10.5 Å². The summed E-state index contributed by atoms with van der Waals surface area (Å²) in [4.78, 5) is 4.28. The molecule has 1 aromatic heterocycles. The van der Waals surface area contributed by atoms with Gasteiger partial charge in [-0.3, -0.25) is 5.41 Å².